The maximum Gasteiger partial charge on any atom is 0.284 e. The maximum atomic E-state index is 9.15. The fourth-order valence-electron chi connectivity index (χ4n) is 1.09. The lowest BCUT2D eigenvalue weighted by Gasteiger charge is -2.33. The molecule has 0 aliphatic rings. The van der Waals surface area contributed by atoms with Gasteiger partial charge in [-0.15, -0.1) is 0 Å². The number of aliphatic hydroxyl groups is 3. The van der Waals surface area contributed by atoms with Gasteiger partial charge in [0.15, 0.2) is 0 Å². The zero-order chi connectivity index (χ0) is 11.0. The van der Waals surface area contributed by atoms with Gasteiger partial charge in [0.05, 0.1) is 5.41 Å². The quantitative estimate of drug-likeness (QED) is 0.402. The molecule has 0 atom stereocenters. The Kier molecular flexibility index (Phi) is 2.54. The van der Waals surface area contributed by atoms with E-state index in [-0.39, 0.29) is 0 Å². The Morgan fingerprint density at radius 3 is 1.79 bits per heavy atom. The largest absolute Gasteiger partial charge is 0.399 e. The van der Waals surface area contributed by atoms with Crippen molar-refractivity contribution in [3.63, 3.8) is 0 Å². The van der Waals surface area contributed by atoms with Crippen LogP contribution in [0.2, 0.25) is 0 Å². The zero-order valence-corrected chi connectivity index (χ0v) is 8.23. The van der Waals surface area contributed by atoms with Crippen LogP contribution in [0.5, 0.6) is 0 Å². The summed E-state index contributed by atoms with van der Waals surface area (Å²) in [5, 5.41) is 27.4. The van der Waals surface area contributed by atoms with E-state index in [1.807, 2.05) is 0 Å². The first-order valence-corrected chi connectivity index (χ1v) is 4.28. The smallest absolute Gasteiger partial charge is 0.284 e. The van der Waals surface area contributed by atoms with E-state index in [0.29, 0.717) is 11.3 Å². The van der Waals surface area contributed by atoms with E-state index < -0.39 is 11.4 Å². The molecule has 0 aliphatic heterocycles. The summed E-state index contributed by atoms with van der Waals surface area (Å²) >= 11 is 0. The second kappa shape index (κ2) is 3.24. The first kappa shape index (κ1) is 11.0. The Hall–Kier alpha value is -1.10. The molecule has 0 aliphatic carbocycles. The van der Waals surface area contributed by atoms with Gasteiger partial charge in [-0.25, -0.2) is 0 Å². The van der Waals surface area contributed by atoms with Gasteiger partial charge in [-0.1, -0.05) is 12.1 Å². The Bertz CT molecular complexity index is 311. The number of nitrogens with two attached hydrogens (primary N) is 1. The summed E-state index contributed by atoms with van der Waals surface area (Å²) in [6.45, 7) is 3.05. The van der Waals surface area contributed by atoms with E-state index in [0.717, 1.165) is 0 Å². The van der Waals surface area contributed by atoms with Gasteiger partial charge in [-0.2, -0.15) is 0 Å². The second-order valence-corrected chi connectivity index (χ2v) is 3.88. The summed E-state index contributed by atoms with van der Waals surface area (Å²) in [4.78, 5) is 0. The number of benzene rings is 1. The van der Waals surface area contributed by atoms with Gasteiger partial charge in [0.2, 0.25) is 0 Å². The predicted octanol–water partition coefficient (Wildman–Crippen LogP) is 0.177. The Balaban J connectivity index is 3.10. The molecular weight excluding hydrogens is 182 g/mol. The van der Waals surface area contributed by atoms with Crippen molar-refractivity contribution in [2.24, 2.45) is 0 Å². The van der Waals surface area contributed by atoms with Crippen LogP contribution in [0.1, 0.15) is 19.4 Å². The third-order valence-electron chi connectivity index (χ3n) is 2.47. The van der Waals surface area contributed by atoms with Crippen molar-refractivity contribution in [2.75, 3.05) is 5.73 Å². The van der Waals surface area contributed by atoms with E-state index in [2.05, 4.69) is 0 Å². The molecule has 4 heteroatoms. The third-order valence-corrected chi connectivity index (χ3v) is 2.47. The Morgan fingerprint density at radius 1 is 1.00 bits per heavy atom. The van der Waals surface area contributed by atoms with Crippen LogP contribution in [0.15, 0.2) is 24.3 Å². The lowest BCUT2D eigenvalue weighted by molar-refractivity contribution is -0.346. The number of hydrogen-bond donors (Lipinski definition) is 4. The third kappa shape index (κ3) is 1.87. The highest BCUT2D eigenvalue weighted by molar-refractivity contribution is 5.41. The highest BCUT2D eigenvalue weighted by Crippen LogP contribution is 2.31. The highest BCUT2D eigenvalue weighted by Gasteiger charge is 2.41. The fourth-order valence-corrected chi connectivity index (χ4v) is 1.09. The number of hydrogen-bond acceptors (Lipinski definition) is 4. The van der Waals surface area contributed by atoms with Crippen molar-refractivity contribution in [2.45, 2.75) is 25.2 Å². The molecule has 0 unspecified atom stereocenters. The fraction of sp³-hybridized carbons (Fsp3) is 0.400. The number of anilines is 1. The van der Waals surface area contributed by atoms with Crippen LogP contribution in [0.4, 0.5) is 5.69 Å². The average molecular weight is 197 g/mol. The van der Waals surface area contributed by atoms with Crippen molar-refractivity contribution >= 4 is 5.69 Å². The normalized spacial score (nSPS) is 12.9. The SMILES string of the molecule is CC(C)(c1ccc(N)cc1)C(O)(O)O. The minimum absolute atomic E-state index is 0.587. The first-order valence-electron chi connectivity index (χ1n) is 4.28. The van der Waals surface area contributed by atoms with Crippen molar-refractivity contribution in [3.8, 4) is 0 Å². The Labute approximate surface area is 82.6 Å². The molecule has 0 fully saturated rings. The van der Waals surface area contributed by atoms with E-state index in [1.165, 1.54) is 13.8 Å². The summed E-state index contributed by atoms with van der Waals surface area (Å²) in [5.41, 5.74) is 5.51. The number of nitrogen functional groups attached to an aromatic ring is 1. The van der Waals surface area contributed by atoms with Gasteiger partial charge in [-0.05, 0) is 31.5 Å². The molecule has 0 saturated heterocycles. The maximum absolute atomic E-state index is 9.15. The first-order chi connectivity index (χ1) is 6.25. The van der Waals surface area contributed by atoms with E-state index >= 15 is 0 Å². The molecule has 0 radical (unpaired) electrons. The van der Waals surface area contributed by atoms with Crippen molar-refractivity contribution in [3.05, 3.63) is 29.8 Å². The second-order valence-electron chi connectivity index (χ2n) is 3.88. The van der Waals surface area contributed by atoms with Crippen LogP contribution in [0.25, 0.3) is 0 Å². The molecule has 1 aromatic carbocycles. The summed E-state index contributed by atoms with van der Waals surface area (Å²) in [7, 11) is 0. The van der Waals surface area contributed by atoms with Crippen LogP contribution in [0.3, 0.4) is 0 Å². The molecule has 14 heavy (non-hydrogen) atoms. The van der Waals surface area contributed by atoms with Gasteiger partial charge >= 0.3 is 0 Å². The molecule has 0 amide bonds. The summed E-state index contributed by atoms with van der Waals surface area (Å²) in [6.07, 6.45) is 0. The lowest BCUT2D eigenvalue weighted by Crippen LogP contribution is -2.47. The minimum atomic E-state index is -2.75. The van der Waals surface area contributed by atoms with Crippen molar-refractivity contribution < 1.29 is 15.3 Å². The lowest BCUT2D eigenvalue weighted by atomic mass is 9.82. The van der Waals surface area contributed by atoms with E-state index in [4.69, 9.17) is 21.1 Å². The van der Waals surface area contributed by atoms with Gasteiger partial charge in [-0.3, -0.25) is 0 Å². The van der Waals surface area contributed by atoms with Crippen LogP contribution >= 0.6 is 0 Å². The van der Waals surface area contributed by atoms with Crippen LogP contribution in [0, 0.1) is 0 Å². The molecule has 78 valence electrons. The zero-order valence-electron chi connectivity index (χ0n) is 8.23. The van der Waals surface area contributed by atoms with Gasteiger partial charge < -0.3 is 21.1 Å². The van der Waals surface area contributed by atoms with E-state index in [1.54, 1.807) is 24.3 Å². The Morgan fingerprint density at radius 2 is 1.43 bits per heavy atom. The molecule has 0 saturated carbocycles. The molecular formula is C10H15NO3. The van der Waals surface area contributed by atoms with Gasteiger partial charge in [0.25, 0.3) is 5.97 Å². The molecule has 0 bridgehead atoms. The molecule has 0 spiro atoms. The molecule has 1 aromatic rings. The topological polar surface area (TPSA) is 86.7 Å². The molecule has 0 heterocycles. The summed E-state index contributed by atoms with van der Waals surface area (Å²) in [6, 6.07) is 6.57. The average Bonchev–Trinajstić information content (AvgIpc) is 2.03. The molecule has 1 rings (SSSR count). The highest BCUT2D eigenvalue weighted by atomic mass is 16.7. The van der Waals surface area contributed by atoms with E-state index in [9.17, 15) is 0 Å². The summed E-state index contributed by atoms with van der Waals surface area (Å²) < 4.78 is 0. The van der Waals surface area contributed by atoms with Crippen LogP contribution in [-0.2, 0) is 5.41 Å². The standard InChI is InChI=1S/C10H15NO3/c1-9(2,10(12,13)14)7-3-5-8(11)6-4-7/h3-6,12-14H,11H2,1-2H3. The minimum Gasteiger partial charge on any atom is -0.399 e. The number of rotatable bonds is 2. The molecule has 4 nitrogen and oxygen atoms in total. The monoisotopic (exact) mass is 197 g/mol. The van der Waals surface area contributed by atoms with Crippen LogP contribution in [-0.4, -0.2) is 21.3 Å². The van der Waals surface area contributed by atoms with Crippen LogP contribution < -0.4 is 5.73 Å². The van der Waals surface area contributed by atoms with Gasteiger partial charge in [0.1, 0.15) is 0 Å². The van der Waals surface area contributed by atoms with Crippen molar-refractivity contribution in [1.29, 1.82) is 0 Å². The van der Waals surface area contributed by atoms with Crippen molar-refractivity contribution in [1.82, 2.24) is 0 Å². The summed E-state index contributed by atoms with van der Waals surface area (Å²) in [5.74, 6) is -2.75. The molecule has 0 aromatic heterocycles. The van der Waals surface area contributed by atoms with Gasteiger partial charge in [0, 0.05) is 5.69 Å². The molecule has 5 N–H and O–H groups in total. The predicted molar refractivity (Wildman–Crippen MR) is 53.3 cm³/mol.